The topological polar surface area (TPSA) is 99.9 Å². The second-order valence-corrected chi connectivity index (χ2v) is 9.04. The number of nitrogens with zero attached hydrogens (tertiary/aromatic N) is 4. The van der Waals surface area contributed by atoms with Gasteiger partial charge in [0.05, 0.1) is 38.9 Å². The lowest BCUT2D eigenvalue weighted by atomic mass is 10.1. The van der Waals surface area contributed by atoms with E-state index in [9.17, 15) is 18.0 Å². The normalized spacial score (nSPS) is 11.4. The molecule has 0 saturated heterocycles. The van der Waals surface area contributed by atoms with Crippen molar-refractivity contribution < 1.29 is 32.2 Å². The number of carbonyl (C=O) groups is 1. The van der Waals surface area contributed by atoms with Crippen LogP contribution in [-0.4, -0.2) is 54.0 Å². The summed E-state index contributed by atoms with van der Waals surface area (Å²) in [5.41, 5.74) is 3.41. The van der Waals surface area contributed by atoms with E-state index in [0.717, 1.165) is 29.6 Å². The molecule has 208 valence electrons. The van der Waals surface area contributed by atoms with Crippen LogP contribution in [0.3, 0.4) is 0 Å². The van der Waals surface area contributed by atoms with Gasteiger partial charge in [-0.05, 0) is 42.0 Å². The van der Waals surface area contributed by atoms with Crippen LogP contribution in [0.5, 0.6) is 17.2 Å². The summed E-state index contributed by atoms with van der Waals surface area (Å²) in [4.78, 5) is 12.5. The van der Waals surface area contributed by atoms with E-state index in [1.54, 1.807) is 16.7 Å². The van der Waals surface area contributed by atoms with Gasteiger partial charge in [0.1, 0.15) is 0 Å². The van der Waals surface area contributed by atoms with Crippen LogP contribution in [0.1, 0.15) is 11.1 Å². The minimum atomic E-state index is -4.42. The predicted octanol–water partition coefficient (Wildman–Crippen LogP) is 5.22. The summed E-state index contributed by atoms with van der Waals surface area (Å²) >= 11 is 1.14. The summed E-state index contributed by atoms with van der Waals surface area (Å²) in [7, 11) is 4.55. The molecule has 0 unspecified atom stereocenters. The molecule has 13 heteroatoms. The zero-order chi connectivity index (χ0) is 28.7. The number of hydrogen-bond acceptors (Lipinski definition) is 8. The molecule has 0 spiro atoms. The molecule has 0 fully saturated rings. The summed E-state index contributed by atoms with van der Waals surface area (Å²) in [6.07, 6.45) is -3.16. The van der Waals surface area contributed by atoms with Gasteiger partial charge in [0.15, 0.2) is 22.5 Å². The number of thioether (sulfide) groups is 1. The zero-order valence-electron chi connectivity index (χ0n) is 21.6. The first-order valence-corrected chi connectivity index (χ1v) is 12.7. The molecular formula is C27H24F3N5O4S. The number of halogens is 3. The molecule has 0 saturated carbocycles. The van der Waals surface area contributed by atoms with Gasteiger partial charge in [0.25, 0.3) is 5.91 Å². The highest BCUT2D eigenvalue weighted by Crippen LogP contribution is 2.41. The summed E-state index contributed by atoms with van der Waals surface area (Å²) in [5, 5.41) is 12.9. The van der Waals surface area contributed by atoms with E-state index in [2.05, 4.69) is 20.7 Å². The predicted molar refractivity (Wildman–Crippen MR) is 144 cm³/mol. The minimum Gasteiger partial charge on any atom is -0.493 e. The number of amides is 1. The number of hydrazone groups is 1. The van der Waals surface area contributed by atoms with Crippen LogP contribution in [0.15, 0.2) is 77.0 Å². The summed E-state index contributed by atoms with van der Waals surface area (Å²) in [6.45, 7) is 0. The van der Waals surface area contributed by atoms with Crippen LogP contribution in [-0.2, 0) is 11.0 Å². The Balaban J connectivity index is 1.53. The Hall–Kier alpha value is -4.52. The van der Waals surface area contributed by atoms with Gasteiger partial charge in [-0.25, -0.2) is 5.43 Å². The lowest BCUT2D eigenvalue weighted by Gasteiger charge is -2.15. The van der Waals surface area contributed by atoms with Crippen molar-refractivity contribution in [2.75, 3.05) is 27.1 Å². The number of ether oxygens (including phenoxy) is 3. The fourth-order valence-electron chi connectivity index (χ4n) is 3.67. The number of alkyl halides is 3. The van der Waals surface area contributed by atoms with Crippen molar-refractivity contribution in [2.45, 2.75) is 11.3 Å². The highest BCUT2D eigenvalue weighted by Gasteiger charge is 2.29. The lowest BCUT2D eigenvalue weighted by Crippen LogP contribution is -2.20. The molecule has 9 nitrogen and oxygen atoms in total. The first kappa shape index (κ1) is 28.5. The number of para-hydroxylation sites is 1. The van der Waals surface area contributed by atoms with Gasteiger partial charge in [-0.15, -0.1) is 10.2 Å². The maximum atomic E-state index is 12.7. The molecule has 1 aromatic heterocycles. The van der Waals surface area contributed by atoms with E-state index in [1.165, 1.54) is 39.7 Å². The fraction of sp³-hybridized carbons (Fsp3) is 0.185. The van der Waals surface area contributed by atoms with Crippen molar-refractivity contribution in [1.29, 1.82) is 0 Å². The summed E-state index contributed by atoms with van der Waals surface area (Å²) in [6, 6.07) is 17.3. The van der Waals surface area contributed by atoms with Gasteiger partial charge in [-0.3, -0.25) is 9.36 Å². The SMILES string of the molecule is COc1cc(-c2nnc(SCC(=O)N/N=C/c3ccc(C(F)(F)F)cc3)n2-c2ccccc2)cc(OC)c1OC. The Bertz CT molecular complexity index is 1470. The van der Waals surface area contributed by atoms with E-state index in [-0.39, 0.29) is 5.75 Å². The van der Waals surface area contributed by atoms with Crippen LogP contribution in [0.25, 0.3) is 17.1 Å². The first-order chi connectivity index (χ1) is 19.2. The molecule has 0 radical (unpaired) electrons. The third-order valence-electron chi connectivity index (χ3n) is 5.54. The maximum Gasteiger partial charge on any atom is 0.416 e. The number of hydrogen-bond donors (Lipinski definition) is 1. The molecular weight excluding hydrogens is 547 g/mol. The molecule has 0 atom stereocenters. The summed E-state index contributed by atoms with van der Waals surface area (Å²) < 4.78 is 56.3. The largest absolute Gasteiger partial charge is 0.493 e. The van der Waals surface area contributed by atoms with E-state index >= 15 is 0 Å². The standard InChI is InChI=1S/C27H24F3N5O4S/c1-37-21-13-18(14-22(38-2)24(21)39-3)25-33-34-26(35(25)20-7-5-4-6-8-20)40-16-23(36)32-31-15-17-9-11-19(12-10-17)27(28,29)30/h4-15H,16H2,1-3H3,(H,32,36)/b31-15+. The molecule has 1 N–H and O–H groups in total. The Morgan fingerprint density at radius 3 is 2.20 bits per heavy atom. The second kappa shape index (κ2) is 12.6. The van der Waals surface area contributed by atoms with E-state index in [1.807, 2.05) is 30.3 Å². The molecule has 40 heavy (non-hydrogen) atoms. The van der Waals surface area contributed by atoms with Crippen molar-refractivity contribution in [3.63, 3.8) is 0 Å². The highest BCUT2D eigenvalue weighted by atomic mass is 32.2. The minimum absolute atomic E-state index is 0.0510. The van der Waals surface area contributed by atoms with Crippen molar-refractivity contribution in [3.05, 3.63) is 77.9 Å². The Morgan fingerprint density at radius 2 is 1.62 bits per heavy atom. The van der Waals surface area contributed by atoms with Gasteiger partial charge in [0.2, 0.25) is 5.75 Å². The molecule has 3 aromatic carbocycles. The smallest absolute Gasteiger partial charge is 0.416 e. The second-order valence-electron chi connectivity index (χ2n) is 8.09. The van der Waals surface area contributed by atoms with Crippen LogP contribution in [0.4, 0.5) is 13.2 Å². The monoisotopic (exact) mass is 571 g/mol. The average molecular weight is 572 g/mol. The van der Waals surface area contributed by atoms with Gasteiger partial charge < -0.3 is 14.2 Å². The molecule has 4 rings (SSSR count). The Labute approximate surface area is 232 Å². The van der Waals surface area contributed by atoms with Crippen LogP contribution < -0.4 is 19.6 Å². The Morgan fingerprint density at radius 1 is 0.975 bits per heavy atom. The lowest BCUT2D eigenvalue weighted by molar-refractivity contribution is -0.137. The van der Waals surface area contributed by atoms with Crippen LogP contribution in [0.2, 0.25) is 0 Å². The average Bonchev–Trinajstić information content (AvgIpc) is 3.39. The molecule has 0 bridgehead atoms. The van der Waals surface area contributed by atoms with Crippen molar-refractivity contribution in [2.24, 2.45) is 5.10 Å². The molecule has 1 amide bonds. The third-order valence-corrected chi connectivity index (χ3v) is 6.47. The fourth-order valence-corrected chi connectivity index (χ4v) is 4.41. The third kappa shape index (κ3) is 6.54. The Kier molecular flexibility index (Phi) is 8.94. The molecule has 0 aliphatic rings. The van der Waals surface area contributed by atoms with Gasteiger partial charge >= 0.3 is 6.18 Å². The molecule has 0 aliphatic heterocycles. The first-order valence-electron chi connectivity index (χ1n) is 11.7. The van der Waals surface area contributed by atoms with E-state index in [4.69, 9.17) is 14.2 Å². The van der Waals surface area contributed by atoms with Crippen LogP contribution >= 0.6 is 11.8 Å². The van der Waals surface area contributed by atoms with E-state index < -0.39 is 17.6 Å². The summed E-state index contributed by atoms with van der Waals surface area (Å²) in [5.74, 6) is 1.31. The number of aromatic nitrogens is 3. The van der Waals surface area contributed by atoms with Gasteiger partial charge in [0, 0.05) is 11.3 Å². The number of methoxy groups -OCH3 is 3. The van der Waals surface area contributed by atoms with Crippen molar-refractivity contribution in [3.8, 4) is 34.3 Å². The zero-order valence-corrected chi connectivity index (χ0v) is 22.4. The van der Waals surface area contributed by atoms with Crippen LogP contribution in [0, 0.1) is 0 Å². The number of rotatable bonds is 10. The van der Waals surface area contributed by atoms with Crippen molar-refractivity contribution >= 4 is 23.9 Å². The maximum absolute atomic E-state index is 12.7. The highest BCUT2D eigenvalue weighted by molar-refractivity contribution is 7.99. The number of benzene rings is 3. The van der Waals surface area contributed by atoms with E-state index in [0.29, 0.717) is 39.4 Å². The molecule has 0 aliphatic carbocycles. The molecule has 4 aromatic rings. The van der Waals surface area contributed by atoms with Gasteiger partial charge in [-0.2, -0.15) is 18.3 Å². The molecule has 1 heterocycles. The quantitative estimate of drug-likeness (QED) is 0.158. The van der Waals surface area contributed by atoms with Gasteiger partial charge in [-0.1, -0.05) is 42.1 Å². The number of carbonyl (C=O) groups excluding carboxylic acids is 1. The number of nitrogens with one attached hydrogen (secondary N) is 1. The van der Waals surface area contributed by atoms with Crippen molar-refractivity contribution in [1.82, 2.24) is 20.2 Å².